The number of nitrogens with one attached hydrogen (secondary N) is 1. The molecule has 0 saturated heterocycles. The monoisotopic (exact) mass is 430 g/mol. The Bertz CT molecular complexity index is 1480. The molecule has 2 heterocycles. The molecule has 0 amide bonds. The molecule has 0 atom stereocenters. The van der Waals surface area contributed by atoms with Crippen molar-refractivity contribution in [1.29, 1.82) is 0 Å². The van der Waals surface area contributed by atoms with Crippen LogP contribution in [0.5, 0.6) is 0 Å². The Hall–Kier alpha value is -3.52. The van der Waals surface area contributed by atoms with Gasteiger partial charge in [0.2, 0.25) is 0 Å². The summed E-state index contributed by atoms with van der Waals surface area (Å²) in [4.78, 5) is 6.05. The minimum atomic E-state index is -0.0455. The number of para-hydroxylation sites is 2. The van der Waals surface area contributed by atoms with Crippen molar-refractivity contribution in [2.45, 2.75) is 45.4 Å². The lowest BCUT2D eigenvalue weighted by Gasteiger charge is -2.42. The van der Waals surface area contributed by atoms with E-state index in [-0.39, 0.29) is 10.8 Å². The van der Waals surface area contributed by atoms with E-state index < -0.39 is 0 Å². The number of H-pyrrole nitrogens is 1. The van der Waals surface area contributed by atoms with Gasteiger partial charge in [0.1, 0.15) is 0 Å². The third-order valence-corrected chi connectivity index (χ3v) is 7.34. The van der Waals surface area contributed by atoms with E-state index in [1.54, 1.807) is 0 Å². The molecule has 1 N–H and O–H groups in total. The smallest absolute Gasteiger partial charge is 0.0502 e. The number of hydrogen-bond donors (Lipinski definition) is 1. The number of benzene rings is 4. The van der Waals surface area contributed by atoms with Crippen molar-refractivity contribution in [2.24, 2.45) is 0 Å². The van der Waals surface area contributed by atoms with Gasteiger partial charge in [-0.2, -0.15) is 0 Å². The molecule has 2 nitrogen and oxygen atoms in total. The van der Waals surface area contributed by atoms with E-state index in [0.717, 1.165) is 0 Å². The summed E-state index contributed by atoms with van der Waals surface area (Å²) in [6.45, 7) is 11.5. The van der Waals surface area contributed by atoms with E-state index in [9.17, 15) is 0 Å². The van der Waals surface area contributed by atoms with E-state index in [1.807, 2.05) is 0 Å². The molecule has 4 aromatic carbocycles. The van der Waals surface area contributed by atoms with Gasteiger partial charge in [0, 0.05) is 32.9 Å². The number of fused-ring (bicyclic) bond motifs is 5. The van der Waals surface area contributed by atoms with Gasteiger partial charge in [-0.15, -0.1) is 0 Å². The number of aromatic nitrogens is 1. The standard InChI is InChI=1S/C31H30N2/c1-30(2,3)20-14-16-26-22(18-20)23-19-21(15-17-27(23)32-26)33-28-12-8-6-10-24(28)31(4,5)25-11-7-9-13-29(25)33/h6-19,32H,1-5H3. The largest absolute Gasteiger partial charge is 0.355 e. The fourth-order valence-corrected chi connectivity index (χ4v) is 5.44. The van der Waals surface area contributed by atoms with Gasteiger partial charge in [0.05, 0.1) is 11.4 Å². The second-order valence-electron chi connectivity index (χ2n) is 10.9. The van der Waals surface area contributed by atoms with Crippen molar-refractivity contribution in [3.8, 4) is 0 Å². The number of aromatic amines is 1. The molecule has 6 rings (SSSR count). The molecule has 0 unspecified atom stereocenters. The SMILES string of the molecule is CC(C)(C)c1ccc2[nH]c3ccc(N4c5ccccc5C(C)(C)c5ccccc54)cc3c2c1. The molecular weight excluding hydrogens is 400 g/mol. The highest BCUT2D eigenvalue weighted by Gasteiger charge is 2.36. The van der Waals surface area contributed by atoms with Crippen LogP contribution in [0.25, 0.3) is 21.8 Å². The summed E-state index contributed by atoms with van der Waals surface area (Å²) in [5, 5.41) is 2.56. The summed E-state index contributed by atoms with van der Waals surface area (Å²) in [7, 11) is 0. The van der Waals surface area contributed by atoms with E-state index in [2.05, 4.69) is 129 Å². The zero-order chi connectivity index (χ0) is 23.0. The molecule has 0 aliphatic carbocycles. The van der Waals surface area contributed by atoms with Crippen molar-refractivity contribution < 1.29 is 0 Å². The van der Waals surface area contributed by atoms with E-state index in [4.69, 9.17) is 0 Å². The van der Waals surface area contributed by atoms with Crippen LogP contribution in [0.3, 0.4) is 0 Å². The quantitative estimate of drug-likeness (QED) is 0.282. The van der Waals surface area contributed by atoms with Crippen LogP contribution >= 0.6 is 0 Å². The highest BCUT2D eigenvalue weighted by atomic mass is 15.2. The van der Waals surface area contributed by atoms with Crippen molar-refractivity contribution in [3.05, 3.63) is 102 Å². The van der Waals surface area contributed by atoms with Crippen LogP contribution in [0, 0.1) is 0 Å². The first kappa shape index (κ1) is 20.1. The molecule has 0 radical (unpaired) electrons. The summed E-state index contributed by atoms with van der Waals surface area (Å²) < 4.78 is 0. The molecule has 0 bridgehead atoms. The van der Waals surface area contributed by atoms with Crippen molar-refractivity contribution in [2.75, 3.05) is 4.90 Å². The van der Waals surface area contributed by atoms with Crippen LogP contribution in [0.2, 0.25) is 0 Å². The first-order valence-corrected chi connectivity index (χ1v) is 11.8. The first-order chi connectivity index (χ1) is 15.7. The van der Waals surface area contributed by atoms with Crippen molar-refractivity contribution in [1.82, 2.24) is 4.98 Å². The normalized spacial score (nSPS) is 15.0. The fraction of sp³-hybridized carbons (Fsp3) is 0.226. The molecule has 5 aromatic rings. The minimum Gasteiger partial charge on any atom is -0.355 e. The molecule has 33 heavy (non-hydrogen) atoms. The van der Waals surface area contributed by atoms with Gasteiger partial charge in [0.25, 0.3) is 0 Å². The lowest BCUT2D eigenvalue weighted by molar-refractivity contribution is 0.591. The van der Waals surface area contributed by atoms with Gasteiger partial charge in [-0.3, -0.25) is 0 Å². The van der Waals surface area contributed by atoms with Crippen LogP contribution in [0.1, 0.15) is 51.3 Å². The summed E-state index contributed by atoms with van der Waals surface area (Å²) in [6, 6.07) is 31.3. The Labute approximate surface area is 195 Å². The summed E-state index contributed by atoms with van der Waals surface area (Å²) >= 11 is 0. The predicted octanol–water partition coefficient (Wildman–Crippen LogP) is 8.73. The van der Waals surface area contributed by atoms with Crippen molar-refractivity contribution in [3.63, 3.8) is 0 Å². The minimum absolute atomic E-state index is 0.0455. The maximum atomic E-state index is 3.62. The molecule has 2 heteroatoms. The highest BCUT2D eigenvalue weighted by Crippen LogP contribution is 2.52. The van der Waals surface area contributed by atoms with Crippen LogP contribution in [-0.2, 0) is 10.8 Å². The molecular formula is C31H30N2. The molecule has 1 aromatic heterocycles. The lowest BCUT2D eigenvalue weighted by atomic mass is 9.73. The Morgan fingerprint density at radius 1 is 0.667 bits per heavy atom. The van der Waals surface area contributed by atoms with Crippen LogP contribution in [0.4, 0.5) is 17.1 Å². The van der Waals surface area contributed by atoms with Crippen LogP contribution in [-0.4, -0.2) is 4.98 Å². The molecule has 1 aliphatic heterocycles. The maximum Gasteiger partial charge on any atom is 0.0502 e. The summed E-state index contributed by atoms with van der Waals surface area (Å²) in [6.07, 6.45) is 0. The number of anilines is 3. The first-order valence-electron chi connectivity index (χ1n) is 11.8. The van der Waals surface area contributed by atoms with Gasteiger partial charge >= 0.3 is 0 Å². The zero-order valence-corrected chi connectivity index (χ0v) is 20.0. The topological polar surface area (TPSA) is 19.0 Å². The molecule has 0 saturated carbocycles. The Balaban J connectivity index is 1.62. The third kappa shape index (κ3) is 2.94. The van der Waals surface area contributed by atoms with Crippen LogP contribution in [0.15, 0.2) is 84.9 Å². The molecule has 0 spiro atoms. The Morgan fingerprint density at radius 3 is 1.82 bits per heavy atom. The molecule has 0 fully saturated rings. The molecule has 164 valence electrons. The van der Waals surface area contributed by atoms with Gasteiger partial charge in [0.15, 0.2) is 0 Å². The maximum absolute atomic E-state index is 3.62. The van der Waals surface area contributed by atoms with E-state index in [0.29, 0.717) is 0 Å². The second kappa shape index (κ2) is 6.74. The van der Waals surface area contributed by atoms with E-state index >= 15 is 0 Å². The van der Waals surface area contributed by atoms with Gasteiger partial charge in [-0.05, 0) is 64.6 Å². The number of rotatable bonds is 1. The second-order valence-corrected chi connectivity index (χ2v) is 10.9. The number of hydrogen-bond acceptors (Lipinski definition) is 1. The van der Waals surface area contributed by atoms with Gasteiger partial charge in [-0.25, -0.2) is 0 Å². The highest BCUT2D eigenvalue weighted by molar-refractivity contribution is 6.09. The predicted molar refractivity (Wildman–Crippen MR) is 141 cm³/mol. The molecule has 1 aliphatic rings. The van der Waals surface area contributed by atoms with Gasteiger partial charge < -0.3 is 9.88 Å². The Kier molecular flexibility index (Phi) is 4.11. The van der Waals surface area contributed by atoms with Gasteiger partial charge in [-0.1, -0.05) is 77.1 Å². The van der Waals surface area contributed by atoms with Crippen LogP contribution < -0.4 is 4.90 Å². The zero-order valence-electron chi connectivity index (χ0n) is 20.0. The average Bonchev–Trinajstić information content (AvgIpc) is 3.16. The Morgan fingerprint density at radius 2 is 1.21 bits per heavy atom. The van der Waals surface area contributed by atoms with Crippen molar-refractivity contribution >= 4 is 38.9 Å². The number of nitrogens with zero attached hydrogens (tertiary/aromatic N) is 1. The summed E-state index contributed by atoms with van der Waals surface area (Å²) in [5.74, 6) is 0. The fourth-order valence-electron chi connectivity index (χ4n) is 5.44. The third-order valence-electron chi connectivity index (χ3n) is 7.34. The van der Waals surface area contributed by atoms with E-state index in [1.165, 1.54) is 55.6 Å². The average molecular weight is 431 g/mol. The summed E-state index contributed by atoms with van der Waals surface area (Å²) in [5.41, 5.74) is 10.2. The lowest BCUT2D eigenvalue weighted by Crippen LogP contribution is -2.30.